The Balaban J connectivity index is 0.00000261. The maximum atomic E-state index is 12.5. The molecule has 0 bridgehead atoms. The number of fused-ring (bicyclic) bond motifs is 1. The lowest BCUT2D eigenvalue weighted by Crippen LogP contribution is -2.45. The first-order valence-corrected chi connectivity index (χ1v) is 10.0. The molecule has 0 unspecified atom stereocenters. The van der Waals surface area contributed by atoms with Crippen LogP contribution >= 0.6 is 24.0 Å². The van der Waals surface area contributed by atoms with Crippen molar-refractivity contribution in [3.05, 3.63) is 35.4 Å². The second kappa shape index (κ2) is 10.9. The Labute approximate surface area is 180 Å². The van der Waals surface area contributed by atoms with E-state index in [1.165, 1.54) is 24.0 Å². The minimum atomic E-state index is 0. The molecule has 2 aliphatic rings. The molecule has 0 atom stereocenters. The fourth-order valence-corrected chi connectivity index (χ4v) is 3.73. The maximum Gasteiger partial charge on any atom is 0.223 e. The SMILES string of the molecule is CCNC(=NCCCC(=O)N1Cc2ccccc2C1)N1CCC(C)CC1.I. The Bertz CT molecular complexity index is 616. The highest BCUT2D eigenvalue weighted by Crippen LogP contribution is 2.23. The van der Waals surface area contributed by atoms with Crippen molar-refractivity contribution >= 4 is 35.8 Å². The largest absolute Gasteiger partial charge is 0.357 e. The van der Waals surface area contributed by atoms with Crippen molar-refractivity contribution in [1.82, 2.24) is 15.1 Å². The van der Waals surface area contributed by atoms with Gasteiger partial charge in [0.15, 0.2) is 5.96 Å². The van der Waals surface area contributed by atoms with Gasteiger partial charge >= 0.3 is 0 Å². The number of guanidine groups is 1. The van der Waals surface area contributed by atoms with E-state index in [-0.39, 0.29) is 29.9 Å². The van der Waals surface area contributed by atoms with Crippen LogP contribution in [0.2, 0.25) is 0 Å². The van der Waals surface area contributed by atoms with Crippen molar-refractivity contribution in [2.45, 2.75) is 52.6 Å². The van der Waals surface area contributed by atoms with E-state index in [1.807, 2.05) is 17.0 Å². The lowest BCUT2D eigenvalue weighted by molar-refractivity contribution is -0.131. The average Bonchev–Trinajstić information content (AvgIpc) is 3.09. The van der Waals surface area contributed by atoms with Gasteiger partial charge in [0.2, 0.25) is 5.91 Å². The van der Waals surface area contributed by atoms with Crippen molar-refractivity contribution in [3.8, 4) is 0 Å². The number of halogens is 1. The number of likely N-dealkylation sites (tertiary alicyclic amines) is 1. The summed E-state index contributed by atoms with van der Waals surface area (Å²) in [6, 6.07) is 8.33. The summed E-state index contributed by atoms with van der Waals surface area (Å²) in [7, 11) is 0. The van der Waals surface area contributed by atoms with Gasteiger partial charge in [-0.05, 0) is 43.2 Å². The molecule has 0 aliphatic carbocycles. The Kier molecular flexibility index (Phi) is 8.86. The first kappa shape index (κ1) is 22.0. The molecule has 27 heavy (non-hydrogen) atoms. The lowest BCUT2D eigenvalue weighted by atomic mass is 10.00. The summed E-state index contributed by atoms with van der Waals surface area (Å²) in [5.74, 6) is 2.07. The van der Waals surface area contributed by atoms with Gasteiger partial charge in [0, 0.05) is 45.7 Å². The second-order valence-electron chi connectivity index (χ2n) is 7.53. The maximum absolute atomic E-state index is 12.5. The predicted molar refractivity (Wildman–Crippen MR) is 121 cm³/mol. The molecule has 3 rings (SSSR count). The number of carbonyl (C=O) groups is 1. The molecule has 2 aliphatic heterocycles. The van der Waals surface area contributed by atoms with Gasteiger partial charge in [-0.2, -0.15) is 0 Å². The number of amides is 1. The van der Waals surface area contributed by atoms with Crippen molar-refractivity contribution < 1.29 is 4.79 Å². The van der Waals surface area contributed by atoms with Crippen molar-refractivity contribution in [2.24, 2.45) is 10.9 Å². The normalized spacial score (nSPS) is 17.5. The zero-order valence-corrected chi connectivity index (χ0v) is 18.9. The highest BCUT2D eigenvalue weighted by Gasteiger charge is 2.22. The number of carbonyl (C=O) groups excluding carboxylic acids is 1. The average molecular weight is 484 g/mol. The minimum Gasteiger partial charge on any atom is -0.357 e. The number of aliphatic imine (C=N–C) groups is 1. The molecule has 1 saturated heterocycles. The smallest absolute Gasteiger partial charge is 0.223 e. The summed E-state index contributed by atoms with van der Waals surface area (Å²) in [6.45, 7) is 9.70. The van der Waals surface area contributed by atoms with Gasteiger partial charge < -0.3 is 15.1 Å². The summed E-state index contributed by atoms with van der Waals surface area (Å²) < 4.78 is 0. The third kappa shape index (κ3) is 6.09. The van der Waals surface area contributed by atoms with E-state index < -0.39 is 0 Å². The predicted octanol–water partition coefficient (Wildman–Crippen LogP) is 3.62. The first-order chi connectivity index (χ1) is 12.7. The molecule has 1 amide bonds. The molecule has 0 aromatic heterocycles. The highest BCUT2D eigenvalue weighted by molar-refractivity contribution is 14.0. The van der Waals surface area contributed by atoms with Gasteiger partial charge in [-0.25, -0.2) is 0 Å². The highest BCUT2D eigenvalue weighted by atomic mass is 127. The molecule has 1 fully saturated rings. The summed E-state index contributed by atoms with van der Waals surface area (Å²) in [4.78, 5) is 21.6. The molecule has 6 heteroatoms. The summed E-state index contributed by atoms with van der Waals surface area (Å²) >= 11 is 0. The number of hydrogen-bond donors (Lipinski definition) is 1. The molecule has 1 aromatic rings. The van der Waals surface area contributed by atoms with Crippen LogP contribution in [0.25, 0.3) is 0 Å². The van der Waals surface area contributed by atoms with Crippen LogP contribution in [0.3, 0.4) is 0 Å². The molecule has 0 radical (unpaired) electrons. The van der Waals surface area contributed by atoms with E-state index in [9.17, 15) is 4.79 Å². The molecule has 150 valence electrons. The van der Waals surface area contributed by atoms with Crippen LogP contribution in [-0.2, 0) is 17.9 Å². The van der Waals surface area contributed by atoms with Crippen LogP contribution < -0.4 is 5.32 Å². The third-order valence-corrected chi connectivity index (χ3v) is 5.42. The van der Waals surface area contributed by atoms with Gasteiger partial charge in [-0.1, -0.05) is 31.2 Å². The standard InChI is InChI=1S/C21H32N4O.HI/c1-3-22-21(24-13-10-17(2)11-14-24)23-12-6-9-20(26)25-15-18-7-4-5-8-19(18)16-25;/h4-5,7-8,17H,3,6,9-16H2,1-2H3,(H,22,23);1H. The van der Waals surface area contributed by atoms with Gasteiger partial charge in [-0.15, -0.1) is 24.0 Å². The van der Waals surface area contributed by atoms with Gasteiger partial charge in [0.1, 0.15) is 0 Å². The molecule has 0 spiro atoms. The van der Waals surface area contributed by atoms with Gasteiger partial charge in [0.05, 0.1) is 0 Å². The van der Waals surface area contributed by atoms with Crippen molar-refractivity contribution in [1.29, 1.82) is 0 Å². The lowest BCUT2D eigenvalue weighted by Gasteiger charge is -2.33. The van der Waals surface area contributed by atoms with E-state index in [0.717, 1.165) is 51.0 Å². The monoisotopic (exact) mass is 484 g/mol. The molecular formula is C21H33IN4O. The van der Waals surface area contributed by atoms with Gasteiger partial charge in [0.25, 0.3) is 0 Å². The van der Waals surface area contributed by atoms with Gasteiger partial charge in [-0.3, -0.25) is 9.79 Å². The summed E-state index contributed by atoms with van der Waals surface area (Å²) in [5, 5.41) is 3.40. The van der Waals surface area contributed by atoms with Crippen LogP contribution in [0, 0.1) is 5.92 Å². The molecule has 1 aromatic carbocycles. The Morgan fingerprint density at radius 3 is 2.37 bits per heavy atom. The Morgan fingerprint density at radius 2 is 1.78 bits per heavy atom. The number of rotatable bonds is 5. The van der Waals surface area contributed by atoms with Crippen molar-refractivity contribution in [2.75, 3.05) is 26.2 Å². The quantitative estimate of drug-likeness (QED) is 0.301. The molecule has 2 heterocycles. The third-order valence-electron chi connectivity index (χ3n) is 5.42. The van der Waals surface area contributed by atoms with E-state index in [4.69, 9.17) is 4.99 Å². The molecule has 5 nitrogen and oxygen atoms in total. The first-order valence-electron chi connectivity index (χ1n) is 10.0. The van der Waals surface area contributed by atoms with Crippen LogP contribution in [0.4, 0.5) is 0 Å². The topological polar surface area (TPSA) is 47.9 Å². The Hall–Kier alpha value is -1.31. The fourth-order valence-electron chi connectivity index (χ4n) is 3.73. The zero-order valence-electron chi connectivity index (χ0n) is 16.6. The van der Waals surface area contributed by atoms with Crippen molar-refractivity contribution in [3.63, 3.8) is 0 Å². The fraction of sp³-hybridized carbons (Fsp3) is 0.619. The number of nitrogens with one attached hydrogen (secondary N) is 1. The Morgan fingerprint density at radius 1 is 1.15 bits per heavy atom. The summed E-state index contributed by atoms with van der Waals surface area (Å²) in [5.41, 5.74) is 2.57. The number of piperidine rings is 1. The van der Waals surface area contributed by atoms with Crippen LogP contribution in [0.15, 0.2) is 29.3 Å². The molecular weight excluding hydrogens is 451 g/mol. The van der Waals surface area contributed by atoms with Crippen LogP contribution in [0.1, 0.15) is 50.7 Å². The minimum absolute atomic E-state index is 0. The zero-order chi connectivity index (χ0) is 18.4. The van der Waals surface area contributed by atoms with E-state index in [0.29, 0.717) is 13.0 Å². The molecule has 0 saturated carbocycles. The van der Waals surface area contributed by atoms with E-state index in [2.05, 4.69) is 36.2 Å². The number of benzene rings is 1. The molecule has 1 N–H and O–H groups in total. The second-order valence-corrected chi connectivity index (χ2v) is 7.53. The summed E-state index contributed by atoms with van der Waals surface area (Å²) in [6.07, 6.45) is 3.86. The van der Waals surface area contributed by atoms with E-state index in [1.54, 1.807) is 0 Å². The number of hydrogen-bond acceptors (Lipinski definition) is 2. The van der Waals surface area contributed by atoms with Crippen LogP contribution in [-0.4, -0.2) is 47.8 Å². The van der Waals surface area contributed by atoms with Crippen LogP contribution in [0.5, 0.6) is 0 Å². The van der Waals surface area contributed by atoms with E-state index >= 15 is 0 Å². The number of nitrogens with zero attached hydrogens (tertiary/aromatic N) is 3.